The van der Waals surface area contributed by atoms with Gasteiger partial charge in [-0.3, -0.25) is 0 Å². The summed E-state index contributed by atoms with van der Waals surface area (Å²) in [6.45, 7) is 1.44. The number of rotatable bonds is 33. The third kappa shape index (κ3) is 19.7. The van der Waals surface area contributed by atoms with Gasteiger partial charge in [-0.2, -0.15) is 0 Å². The second-order valence-corrected chi connectivity index (χ2v) is 25.2. The lowest BCUT2D eigenvalue weighted by Crippen LogP contribution is -2.66. The lowest BCUT2D eigenvalue weighted by Gasteiger charge is -2.50. The Kier molecular flexibility index (Phi) is 26.0. The molecule has 12 rings (SSSR count). The summed E-state index contributed by atoms with van der Waals surface area (Å²) in [4.78, 5) is 0.888. The Labute approximate surface area is 567 Å². The predicted octanol–water partition coefficient (Wildman–Crippen LogP) is 13.0. The van der Waals surface area contributed by atoms with Crippen LogP contribution in [0.15, 0.2) is 278 Å². The molecule has 0 amide bonds. The van der Waals surface area contributed by atoms with E-state index in [-0.39, 0.29) is 66.1 Å². The SMILES string of the molecule is OC1[C@@H](OCC2O[C@H](Sc3ccccc3)C(OCc3ccccc3)[C@@H](O[C@@H]3OC(COCc4ccccc4)[C@H](OCc4ccccc4)C(OCc4ccccc4)[C@@H]3O)[C@H]2OCc2ccccc2)OC(COCc2ccccc2)[C@H](OCc2ccccc2)[C@H]1OCc1ccccc1. The van der Waals surface area contributed by atoms with Gasteiger partial charge in [-0.05, 0) is 56.6 Å². The molecule has 9 aromatic carbocycles. The number of hydrogen-bond donors (Lipinski definition) is 2. The summed E-state index contributed by atoms with van der Waals surface area (Å²) in [7, 11) is 0. The first kappa shape index (κ1) is 68.7. The normalized spacial score (nSPS) is 25.9. The van der Waals surface area contributed by atoms with Gasteiger partial charge in [0.25, 0.3) is 0 Å². The number of benzene rings is 9. The first-order valence-corrected chi connectivity index (χ1v) is 33.8. The van der Waals surface area contributed by atoms with E-state index in [1.807, 2.05) is 273 Å². The van der Waals surface area contributed by atoms with Crippen LogP contribution in [0, 0.1) is 0 Å². The van der Waals surface area contributed by atoms with Gasteiger partial charge in [0.2, 0.25) is 0 Å². The molecule has 3 aliphatic rings. The van der Waals surface area contributed by atoms with Crippen molar-refractivity contribution in [3.05, 3.63) is 317 Å². The Morgan fingerprint density at radius 1 is 0.260 bits per heavy atom. The molecule has 6 unspecified atom stereocenters. The van der Waals surface area contributed by atoms with Gasteiger partial charge in [0, 0.05) is 4.90 Å². The molecule has 0 aliphatic carbocycles. The summed E-state index contributed by atoms with van der Waals surface area (Å²) < 4.78 is 90.6. The fourth-order valence-electron chi connectivity index (χ4n) is 12.0. The Morgan fingerprint density at radius 2 is 0.531 bits per heavy atom. The number of aliphatic hydroxyl groups is 2. The van der Waals surface area contributed by atoms with Gasteiger partial charge in [0.1, 0.15) is 78.7 Å². The molecular formula is C80H84O15S. The van der Waals surface area contributed by atoms with Crippen LogP contribution in [0.4, 0.5) is 0 Å². The molecule has 3 saturated heterocycles. The highest BCUT2D eigenvalue weighted by Gasteiger charge is 2.55. The summed E-state index contributed by atoms with van der Waals surface area (Å²) in [5.41, 5.74) is 6.57. The summed E-state index contributed by atoms with van der Waals surface area (Å²) in [6, 6.07) is 88.8. The van der Waals surface area contributed by atoms with Gasteiger partial charge in [-0.25, -0.2) is 0 Å². The predicted molar refractivity (Wildman–Crippen MR) is 363 cm³/mol. The van der Waals surface area contributed by atoms with Crippen LogP contribution in [0.1, 0.15) is 44.5 Å². The molecule has 0 aromatic heterocycles. The van der Waals surface area contributed by atoms with Gasteiger partial charge in [0.15, 0.2) is 12.6 Å². The maximum Gasteiger partial charge on any atom is 0.187 e. The van der Waals surface area contributed by atoms with E-state index in [4.69, 9.17) is 61.6 Å². The number of aliphatic hydroxyl groups excluding tert-OH is 2. The Balaban J connectivity index is 0.907. The zero-order valence-corrected chi connectivity index (χ0v) is 54.3. The van der Waals surface area contributed by atoms with Crippen molar-refractivity contribution in [1.82, 2.24) is 0 Å². The third-order valence-electron chi connectivity index (χ3n) is 17.0. The maximum atomic E-state index is 13.2. The van der Waals surface area contributed by atoms with Crippen LogP contribution in [0.5, 0.6) is 0 Å². The molecule has 2 N–H and O–H groups in total. The van der Waals surface area contributed by atoms with Crippen molar-refractivity contribution in [2.75, 3.05) is 19.8 Å². The van der Waals surface area contributed by atoms with Gasteiger partial charge in [0.05, 0.1) is 72.7 Å². The van der Waals surface area contributed by atoms with Crippen molar-refractivity contribution in [2.45, 2.75) is 149 Å². The van der Waals surface area contributed by atoms with E-state index in [1.165, 1.54) is 11.8 Å². The fourth-order valence-corrected chi connectivity index (χ4v) is 13.2. The number of hydrogen-bond acceptors (Lipinski definition) is 16. The first-order valence-electron chi connectivity index (χ1n) is 32.9. The molecule has 15 atom stereocenters. The molecule has 0 radical (unpaired) electrons. The van der Waals surface area contributed by atoms with Crippen LogP contribution in [0.3, 0.4) is 0 Å². The van der Waals surface area contributed by atoms with Gasteiger partial charge in [-0.1, -0.05) is 273 Å². The average Bonchev–Trinajstić information content (AvgIpc) is 0.780. The minimum absolute atomic E-state index is 0.0426. The fraction of sp³-hybridized carbons (Fsp3) is 0.325. The van der Waals surface area contributed by atoms with E-state index in [2.05, 4.69) is 0 Å². The molecule has 9 aromatic rings. The van der Waals surface area contributed by atoms with Gasteiger partial charge < -0.3 is 71.8 Å². The highest BCUT2D eigenvalue weighted by atomic mass is 32.2. The minimum atomic E-state index is -1.46. The van der Waals surface area contributed by atoms with Crippen LogP contribution in [0.25, 0.3) is 0 Å². The smallest absolute Gasteiger partial charge is 0.187 e. The molecule has 0 spiro atoms. The van der Waals surface area contributed by atoms with Crippen molar-refractivity contribution >= 4 is 11.8 Å². The largest absolute Gasteiger partial charge is 0.385 e. The van der Waals surface area contributed by atoms with E-state index < -0.39 is 91.3 Å². The van der Waals surface area contributed by atoms with E-state index in [9.17, 15) is 10.2 Å². The summed E-state index contributed by atoms with van der Waals surface area (Å²) >= 11 is 1.45. The van der Waals surface area contributed by atoms with E-state index in [0.29, 0.717) is 6.61 Å². The number of thioether (sulfide) groups is 1. The topological polar surface area (TPSA) is 160 Å². The zero-order chi connectivity index (χ0) is 65.4. The van der Waals surface area contributed by atoms with Crippen LogP contribution < -0.4 is 0 Å². The van der Waals surface area contributed by atoms with Crippen LogP contribution in [-0.2, 0) is 114 Å². The van der Waals surface area contributed by atoms with Crippen molar-refractivity contribution in [3.8, 4) is 0 Å². The van der Waals surface area contributed by atoms with Crippen molar-refractivity contribution < 1.29 is 71.8 Å². The zero-order valence-electron chi connectivity index (χ0n) is 53.5. The molecule has 500 valence electrons. The van der Waals surface area contributed by atoms with E-state index >= 15 is 0 Å². The second kappa shape index (κ2) is 36.4. The van der Waals surface area contributed by atoms with E-state index in [1.54, 1.807) is 0 Å². The summed E-state index contributed by atoms with van der Waals surface area (Å²) in [5, 5.41) is 26.0. The van der Waals surface area contributed by atoms with Crippen molar-refractivity contribution in [3.63, 3.8) is 0 Å². The Morgan fingerprint density at radius 3 is 0.885 bits per heavy atom. The Hall–Kier alpha value is -7.27. The quantitative estimate of drug-likeness (QED) is 0.0399. The lowest BCUT2D eigenvalue weighted by atomic mass is 9.96. The van der Waals surface area contributed by atoms with Crippen molar-refractivity contribution in [2.24, 2.45) is 0 Å². The van der Waals surface area contributed by atoms with Crippen molar-refractivity contribution in [1.29, 1.82) is 0 Å². The highest BCUT2D eigenvalue weighted by Crippen LogP contribution is 2.41. The maximum absolute atomic E-state index is 13.2. The second-order valence-electron chi connectivity index (χ2n) is 24.0. The molecule has 15 nitrogen and oxygen atoms in total. The van der Waals surface area contributed by atoms with Crippen LogP contribution in [0.2, 0.25) is 0 Å². The van der Waals surface area contributed by atoms with Gasteiger partial charge >= 0.3 is 0 Å². The van der Waals surface area contributed by atoms with Crippen LogP contribution >= 0.6 is 11.8 Å². The molecule has 16 heteroatoms. The number of ether oxygens (including phenoxy) is 13. The molecular weight excluding hydrogens is 1230 g/mol. The minimum Gasteiger partial charge on any atom is -0.385 e. The molecule has 3 aliphatic heterocycles. The van der Waals surface area contributed by atoms with Gasteiger partial charge in [-0.15, -0.1) is 0 Å². The van der Waals surface area contributed by atoms with E-state index in [0.717, 1.165) is 49.4 Å². The molecule has 0 saturated carbocycles. The Bertz CT molecular complexity index is 3580. The summed E-state index contributed by atoms with van der Waals surface area (Å²) in [5.74, 6) is 0. The first-order chi connectivity index (χ1) is 47.4. The standard InChI is InChI=1S/C80H84O15S/c81-69-74(88-51-62-38-20-6-21-39-62)71(85-48-59-32-14-3-15-33-59)66(54-83-46-57-28-10-1-11-29-57)92-78(69)91-56-68-73(87-50-61-36-18-5-19-37-61)76(77(90-53-64-42-24-8-25-43-64)80(94-68)96-65-44-26-9-27-45-65)95-79-70(82)75(89-52-63-40-22-7-23-41-63)72(86-49-60-34-16-4-17-35-60)67(93-79)55-84-47-58-30-12-2-13-31-58/h1-45,66-82H,46-56H2/t66?,67?,68?,69?,70-,71-,72-,73-,74-,75?,76-,77?,78-,79-,80+/m0/s1. The van der Waals surface area contributed by atoms with Crippen LogP contribution in [-0.4, -0.2) is 121 Å². The molecule has 3 fully saturated rings. The molecule has 3 heterocycles. The lowest BCUT2D eigenvalue weighted by molar-refractivity contribution is -0.358. The third-order valence-corrected chi connectivity index (χ3v) is 18.2. The molecule has 0 bridgehead atoms. The molecule has 96 heavy (non-hydrogen) atoms. The monoisotopic (exact) mass is 1320 g/mol. The average molecular weight is 1320 g/mol. The highest BCUT2D eigenvalue weighted by molar-refractivity contribution is 7.99. The summed E-state index contributed by atoms with van der Waals surface area (Å²) in [6.07, 6.45) is -14.9.